The molecule has 0 aromatic heterocycles. The molecule has 0 radical (unpaired) electrons. The molecule has 0 saturated carbocycles. The van der Waals surface area contributed by atoms with Gasteiger partial charge in [-0.15, -0.1) is 0 Å². The van der Waals surface area contributed by atoms with Crippen LogP contribution in [0, 0.1) is 5.92 Å². The minimum absolute atomic E-state index is 0.189. The van der Waals surface area contributed by atoms with Crippen molar-refractivity contribution in [2.24, 2.45) is 5.92 Å². The van der Waals surface area contributed by atoms with Crippen LogP contribution < -0.4 is 10.1 Å². The molecule has 3 nitrogen and oxygen atoms in total. The van der Waals surface area contributed by atoms with Crippen LogP contribution in [0.2, 0.25) is 0 Å². The Balaban J connectivity index is 2.02. The first kappa shape index (κ1) is 13.4. The third-order valence-corrected chi connectivity index (χ3v) is 3.82. The highest BCUT2D eigenvalue weighted by molar-refractivity contribution is 5.28. The third kappa shape index (κ3) is 3.03. The van der Waals surface area contributed by atoms with Gasteiger partial charge in [-0.25, -0.2) is 0 Å². The van der Waals surface area contributed by atoms with Crippen LogP contribution in [0.1, 0.15) is 25.8 Å². The summed E-state index contributed by atoms with van der Waals surface area (Å²) in [7, 11) is 1.66. The summed E-state index contributed by atoms with van der Waals surface area (Å²) in [5.74, 6) is 1.50. The molecule has 18 heavy (non-hydrogen) atoms. The van der Waals surface area contributed by atoms with Gasteiger partial charge in [-0.2, -0.15) is 0 Å². The summed E-state index contributed by atoms with van der Waals surface area (Å²) in [6.45, 7) is 5.15. The van der Waals surface area contributed by atoms with Crippen molar-refractivity contribution in [2.45, 2.75) is 38.3 Å². The van der Waals surface area contributed by atoms with Gasteiger partial charge < -0.3 is 15.2 Å². The van der Waals surface area contributed by atoms with Crippen LogP contribution in [0.3, 0.4) is 0 Å². The van der Waals surface area contributed by atoms with Crippen LogP contribution in [-0.4, -0.2) is 30.4 Å². The van der Waals surface area contributed by atoms with Crippen LogP contribution in [0.15, 0.2) is 24.3 Å². The minimum Gasteiger partial charge on any atom is -0.497 e. The number of nitrogens with one attached hydrogen (secondary N) is 1. The average Bonchev–Trinajstić information content (AvgIpc) is 2.77. The van der Waals surface area contributed by atoms with Gasteiger partial charge in [0.2, 0.25) is 0 Å². The second-order valence-electron chi connectivity index (χ2n) is 5.68. The largest absolute Gasteiger partial charge is 0.497 e. The smallest absolute Gasteiger partial charge is 0.118 e. The second-order valence-corrected chi connectivity index (χ2v) is 5.68. The Labute approximate surface area is 109 Å². The maximum Gasteiger partial charge on any atom is 0.118 e. The zero-order valence-electron chi connectivity index (χ0n) is 11.4. The SMILES string of the molecule is COc1ccc(C[C@@](C)(O)[C@@H]2CC(C)CN2)cc1. The lowest BCUT2D eigenvalue weighted by Crippen LogP contribution is -2.46. The second kappa shape index (κ2) is 5.29. The van der Waals surface area contributed by atoms with E-state index >= 15 is 0 Å². The van der Waals surface area contributed by atoms with E-state index in [1.165, 1.54) is 0 Å². The van der Waals surface area contributed by atoms with Gasteiger partial charge in [-0.3, -0.25) is 0 Å². The molecule has 1 aliphatic heterocycles. The van der Waals surface area contributed by atoms with E-state index in [1.54, 1.807) is 7.11 Å². The van der Waals surface area contributed by atoms with Crippen LogP contribution in [0.5, 0.6) is 5.75 Å². The lowest BCUT2D eigenvalue weighted by molar-refractivity contribution is 0.0252. The van der Waals surface area contributed by atoms with Gasteiger partial charge in [0.05, 0.1) is 12.7 Å². The number of hydrogen-bond acceptors (Lipinski definition) is 3. The standard InChI is InChI=1S/C15H23NO2/c1-11-8-14(16-10-11)15(2,17)9-12-4-6-13(18-3)7-5-12/h4-7,11,14,16-17H,8-10H2,1-3H3/t11?,14-,15+/m0/s1. The monoisotopic (exact) mass is 249 g/mol. The molecular formula is C15H23NO2. The molecule has 1 fully saturated rings. The zero-order chi connectivity index (χ0) is 13.2. The molecule has 1 heterocycles. The summed E-state index contributed by atoms with van der Waals surface area (Å²) in [6.07, 6.45) is 1.71. The fourth-order valence-electron chi connectivity index (χ4n) is 2.67. The lowest BCUT2D eigenvalue weighted by Gasteiger charge is -2.30. The fourth-order valence-corrected chi connectivity index (χ4v) is 2.67. The van der Waals surface area contributed by atoms with E-state index < -0.39 is 5.60 Å². The van der Waals surface area contributed by atoms with E-state index in [4.69, 9.17) is 4.74 Å². The number of benzene rings is 1. The maximum atomic E-state index is 10.6. The van der Waals surface area contributed by atoms with E-state index in [0.29, 0.717) is 12.3 Å². The van der Waals surface area contributed by atoms with Crippen molar-refractivity contribution < 1.29 is 9.84 Å². The highest BCUT2D eigenvalue weighted by Gasteiger charge is 2.36. The summed E-state index contributed by atoms with van der Waals surface area (Å²) in [5, 5.41) is 14.0. The van der Waals surface area contributed by atoms with Crippen LogP contribution in [-0.2, 0) is 6.42 Å². The van der Waals surface area contributed by atoms with E-state index in [2.05, 4.69) is 12.2 Å². The molecule has 2 N–H and O–H groups in total. The molecule has 1 unspecified atom stereocenters. The molecule has 0 aliphatic carbocycles. The van der Waals surface area contributed by atoms with Crippen molar-refractivity contribution >= 4 is 0 Å². The van der Waals surface area contributed by atoms with Gasteiger partial charge in [-0.1, -0.05) is 19.1 Å². The molecule has 0 amide bonds. The number of rotatable bonds is 4. The zero-order valence-corrected chi connectivity index (χ0v) is 11.4. The number of aliphatic hydroxyl groups is 1. The molecule has 0 spiro atoms. The van der Waals surface area contributed by atoms with E-state index in [1.807, 2.05) is 31.2 Å². The van der Waals surface area contributed by atoms with Gasteiger partial charge >= 0.3 is 0 Å². The van der Waals surface area contributed by atoms with Crippen molar-refractivity contribution in [1.29, 1.82) is 0 Å². The van der Waals surface area contributed by atoms with Gasteiger partial charge in [0.25, 0.3) is 0 Å². The molecule has 0 bridgehead atoms. The predicted octanol–water partition coefficient (Wildman–Crippen LogP) is 1.99. The van der Waals surface area contributed by atoms with Gasteiger partial charge in [0, 0.05) is 12.5 Å². The quantitative estimate of drug-likeness (QED) is 0.857. The number of methoxy groups -OCH3 is 1. The third-order valence-electron chi connectivity index (χ3n) is 3.82. The van der Waals surface area contributed by atoms with Crippen molar-refractivity contribution in [3.05, 3.63) is 29.8 Å². The Morgan fingerprint density at radius 3 is 2.56 bits per heavy atom. The van der Waals surface area contributed by atoms with Crippen molar-refractivity contribution in [2.75, 3.05) is 13.7 Å². The van der Waals surface area contributed by atoms with Crippen molar-refractivity contribution in [3.8, 4) is 5.75 Å². The van der Waals surface area contributed by atoms with Gasteiger partial charge in [-0.05, 0) is 43.5 Å². The summed E-state index contributed by atoms with van der Waals surface area (Å²) >= 11 is 0. The predicted molar refractivity (Wildman–Crippen MR) is 72.9 cm³/mol. The Hall–Kier alpha value is -1.06. The number of hydrogen-bond donors (Lipinski definition) is 2. The van der Waals surface area contributed by atoms with Crippen LogP contribution in [0.4, 0.5) is 0 Å². The average molecular weight is 249 g/mol. The molecule has 3 heteroatoms. The summed E-state index contributed by atoms with van der Waals surface area (Å²) in [4.78, 5) is 0. The van der Waals surface area contributed by atoms with Crippen LogP contribution >= 0.6 is 0 Å². The highest BCUT2D eigenvalue weighted by atomic mass is 16.5. The molecule has 1 saturated heterocycles. The first-order chi connectivity index (χ1) is 8.51. The normalized spacial score (nSPS) is 26.9. The lowest BCUT2D eigenvalue weighted by atomic mass is 9.87. The molecule has 2 rings (SSSR count). The number of ether oxygens (including phenoxy) is 1. The summed E-state index contributed by atoms with van der Waals surface area (Å²) in [6, 6.07) is 8.11. The minimum atomic E-state index is -0.695. The summed E-state index contributed by atoms with van der Waals surface area (Å²) < 4.78 is 5.14. The topological polar surface area (TPSA) is 41.5 Å². The van der Waals surface area contributed by atoms with Crippen molar-refractivity contribution in [3.63, 3.8) is 0 Å². The Kier molecular flexibility index (Phi) is 3.93. The first-order valence-corrected chi connectivity index (χ1v) is 6.60. The Bertz CT molecular complexity index is 386. The van der Waals surface area contributed by atoms with E-state index in [-0.39, 0.29) is 6.04 Å². The molecule has 1 aromatic rings. The Morgan fingerprint density at radius 2 is 2.06 bits per heavy atom. The fraction of sp³-hybridized carbons (Fsp3) is 0.600. The van der Waals surface area contributed by atoms with E-state index in [0.717, 1.165) is 24.3 Å². The van der Waals surface area contributed by atoms with Gasteiger partial charge in [0.1, 0.15) is 5.75 Å². The first-order valence-electron chi connectivity index (χ1n) is 6.60. The van der Waals surface area contributed by atoms with Gasteiger partial charge in [0.15, 0.2) is 0 Å². The maximum absolute atomic E-state index is 10.6. The van der Waals surface area contributed by atoms with Crippen LogP contribution in [0.25, 0.3) is 0 Å². The van der Waals surface area contributed by atoms with Crippen molar-refractivity contribution in [1.82, 2.24) is 5.32 Å². The molecular weight excluding hydrogens is 226 g/mol. The van der Waals surface area contributed by atoms with E-state index in [9.17, 15) is 5.11 Å². The Morgan fingerprint density at radius 1 is 1.39 bits per heavy atom. The molecule has 1 aliphatic rings. The molecule has 100 valence electrons. The molecule has 3 atom stereocenters. The summed E-state index contributed by atoms with van der Waals surface area (Å²) in [5.41, 5.74) is 0.446. The highest BCUT2D eigenvalue weighted by Crippen LogP contribution is 2.26. The molecule has 1 aromatic carbocycles.